The van der Waals surface area contributed by atoms with E-state index in [0.717, 1.165) is 19.3 Å². The molecule has 146 valence electrons. The Hall–Kier alpha value is -2.65. The second-order valence-electron chi connectivity index (χ2n) is 6.56. The van der Waals surface area contributed by atoms with Gasteiger partial charge >= 0.3 is 0 Å². The van der Waals surface area contributed by atoms with E-state index in [0.29, 0.717) is 22.4 Å². The number of aryl methyl sites for hydroxylation is 1. The molecule has 0 spiro atoms. The number of benzene rings is 1. The van der Waals surface area contributed by atoms with Crippen molar-refractivity contribution in [3.8, 4) is 5.75 Å². The summed E-state index contributed by atoms with van der Waals surface area (Å²) in [6.45, 7) is 2.57. The van der Waals surface area contributed by atoms with Crippen LogP contribution in [-0.2, 0) is 16.6 Å². The van der Waals surface area contributed by atoms with Crippen molar-refractivity contribution in [2.75, 3.05) is 5.32 Å². The fourth-order valence-corrected chi connectivity index (χ4v) is 5.30. The number of aromatic hydroxyl groups is 1. The van der Waals surface area contributed by atoms with E-state index in [4.69, 9.17) is 0 Å². The molecule has 28 heavy (non-hydrogen) atoms. The molecule has 0 saturated carbocycles. The van der Waals surface area contributed by atoms with E-state index < -0.39 is 15.6 Å². The Morgan fingerprint density at radius 1 is 1.21 bits per heavy atom. The number of rotatable bonds is 5. The molecule has 7 nitrogen and oxygen atoms in total. The van der Waals surface area contributed by atoms with E-state index in [1.165, 1.54) is 17.4 Å². The summed E-state index contributed by atoms with van der Waals surface area (Å²) in [4.78, 5) is 13.3. The molecule has 0 unspecified atom stereocenters. The number of anilines is 1. The highest BCUT2D eigenvalue weighted by Gasteiger charge is 2.29. The van der Waals surface area contributed by atoms with E-state index in [2.05, 4.69) is 16.6 Å². The Morgan fingerprint density at radius 2 is 2.00 bits per heavy atom. The molecule has 0 radical (unpaired) electrons. The Labute approximate surface area is 166 Å². The number of hydrogen-bond donors (Lipinski definition) is 2. The average molecular weight is 418 g/mol. The number of thiophene rings is 1. The highest BCUT2D eigenvalue weighted by atomic mass is 32.2. The molecule has 4 rings (SSSR count). The number of para-hydroxylation sites is 1. The van der Waals surface area contributed by atoms with Crippen LogP contribution in [0.25, 0.3) is 10.2 Å². The first-order valence-corrected chi connectivity index (χ1v) is 11.3. The Bertz CT molecular complexity index is 1260. The summed E-state index contributed by atoms with van der Waals surface area (Å²) >= 11 is 1.30. The van der Waals surface area contributed by atoms with Crippen molar-refractivity contribution in [2.24, 2.45) is 4.40 Å². The summed E-state index contributed by atoms with van der Waals surface area (Å²) < 4.78 is 31.1. The van der Waals surface area contributed by atoms with Gasteiger partial charge in [0.25, 0.3) is 15.6 Å². The molecular formula is C19H19N3O4S2. The maximum absolute atomic E-state index is 13.2. The molecule has 0 fully saturated rings. The number of sulfonamides is 1. The van der Waals surface area contributed by atoms with E-state index in [1.807, 2.05) is 0 Å². The number of hydrogen-bond acceptors (Lipinski definition) is 6. The third-order valence-corrected chi connectivity index (χ3v) is 6.94. The minimum absolute atomic E-state index is 0.0405. The Morgan fingerprint density at radius 3 is 2.79 bits per heavy atom. The number of amidine groups is 1. The van der Waals surface area contributed by atoms with Crippen LogP contribution in [0.4, 0.5) is 5.69 Å². The van der Waals surface area contributed by atoms with E-state index in [9.17, 15) is 18.3 Å². The van der Waals surface area contributed by atoms with Gasteiger partial charge in [-0.2, -0.15) is 8.42 Å². The number of aromatic nitrogens is 1. The summed E-state index contributed by atoms with van der Waals surface area (Å²) in [5.41, 5.74) is 0.395. The van der Waals surface area contributed by atoms with Gasteiger partial charge in [-0.1, -0.05) is 31.9 Å². The van der Waals surface area contributed by atoms with Gasteiger partial charge in [-0.15, -0.1) is 15.7 Å². The molecule has 0 saturated heterocycles. The summed E-state index contributed by atoms with van der Waals surface area (Å²) in [6.07, 6.45) is 2.79. The lowest BCUT2D eigenvalue weighted by molar-refractivity contribution is 0.477. The van der Waals surface area contributed by atoms with Gasteiger partial charge in [-0.3, -0.25) is 4.79 Å². The maximum atomic E-state index is 13.2. The third kappa shape index (κ3) is 3.00. The first kappa shape index (κ1) is 18.7. The van der Waals surface area contributed by atoms with Crippen molar-refractivity contribution in [2.45, 2.75) is 37.6 Å². The van der Waals surface area contributed by atoms with Gasteiger partial charge in [0.2, 0.25) is 0 Å². The molecule has 1 aliphatic heterocycles. The van der Waals surface area contributed by atoms with Crippen LogP contribution >= 0.6 is 11.3 Å². The first-order valence-electron chi connectivity index (χ1n) is 8.98. The second-order valence-corrected chi connectivity index (χ2v) is 9.05. The monoisotopic (exact) mass is 417 g/mol. The molecule has 0 amide bonds. The molecule has 0 bridgehead atoms. The zero-order chi connectivity index (χ0) is 19.9. The van der Waals surface area contributed by atoms with Crippen molar-refractivity contribution in [3.05, 3.63) is 51.6 Å². The lowest BCUT2D eigenvalue weighted by Gasteiger charge is -2.19. The van der Waals surface area contributed by atoms with Crippen LogP contribution in [0.1, 0.15) is 31.7 Å². The SMILES string of the molecule is CCCCCn1c(=O)c(C2=NS(=O)(=O)c3ccccc3N2)c(O)c2sccc21. The fraction of sp³-hybridized carbons (Fsp3) is 0.263. The van der Waals surface area contributed by atoms with Crippen molar-refractivity contribution in [3.63, 3.8) is 0 Å². The molecule has 9 heteroatoms. The number of fused-ring (bicyclic) bond motifs is 2. The highest BCUT2D eigenvalue weighted by Crippen LogP contribution is 2.34. The predicted octanol–water partition coefficient (Wildman–Crippen LogP) is 3.52. The normalized spacial score (nSPS) is 15.1. The molecular weight excluding hydrogens is 398 g/mol. The average Bonchev–Trinajstić information content (AvgIpc) is 3.14. The minimum Gasteiger partial charge on any atom is -0.505 e. The third-order valence-electron chi connectivity index (χ3n) is 4.70. The molecule has 3 heterocycles. The standard InChI is InChI=1S/C19H19N3O4S2/c1-2-3-6-10-22-13-9-11-27-17(13)16(23)15(19(22)24)18-20-12-7-4-5-8-14(12)28(25,26)21-18/h4-5,7-9,11,23H,2-3,6,10H2,1H3,(H,20,21). The van der Waals surface area contributed by atoms with E-state index in [-0.39, 0.29) is 22.0 Å². The molecule has 2 aromatic heterocycles. The summed E-state index contributed by atoms with van der Waals surface area (Å²) in [6, 6.07) is 8.13. The molecule has 0 atom stereocenters. The van der Waals surface area contributed by atoms with E-state index >= 15 is 0 Å². The minimum atomic E-state index is -3.98. The lowest BCUT2D eigenvalue weighted by atomic mass is 10.1. The van der Waals surface area contributed by atoms with E-state index in [1.54, 1.807) is 34.2 Å². The van der Waals surface area contributed by atoms with Crippen LogP contribution in [-0.4, -0.2) is 23.9 Å². The smallest absolute Gasteiger partial charge is 0.286 e. The van der Waals surface area contributed by atoms with Crippen LogP contribution < -0.4 is 10.9 Å². The summed E-state index contributed by atoms with van der Waals surface area (Å²) in [5, 5.41) is 15.5. The van der Waals surface area contributed by atoms with Crippen molar-refractivity contribution < 1.29 is 13.5 Å². The lowest BCUT2D eigenvalue weighted by Crippen LogP contribution is -2.32. The van der Waals surface area contributed by atoms with Crippen LogP contribution in [0.5, 0.6) is 5.75 Å². The van der Waals surface area contributed by atoms with Gasteiger partial charge in [-0.25, -0.2) is 0 Å². The summed E-state index contributed by atoms with van der Waals surface area (Å²) in [7, 11) is -3.98. The second kappa shape index (κ2) is 7.06. The van der Waals surface area contributed by atoms with Crippen LogP contribution in [0.3, 0.4) is 0 Å². The molecule has 0 aliphatic carbocycles. The number of nitrogens with zero attached hydrogens (tertiary/aromatic N) is 2. The van der Waals surface area contributed by atoms with Crippen molar-refractivity contribution >= 4 is 43.1 Å². The fourth-order valence-electron chi connectivity index (χ4n) is 3.33. The summed E-state index contributed by atoms with van der Waals surface area (Å²) in [5.74, 6) is -0.400. The highest BCUT2D eigenvalue weighted by molar-refractivity contribution is 7.90. The van der Waals surface area contributed by atoms with Gasteiger partial charge in [0.15, 0.2) is 11.6 Å². The molecule has 1 aliphatic rings. The largest absolute Gasteiger partial charge is 0.505 e. The van der Waals surface area contributed by atoms with Gasteiger partial charge in [0.05, 0.1) is 15.9 Å². The zero-order valence-electron chi connectivity index (χ0n) is 15.2. The molecule has 2 N–H and O–H groups in total. The topological polar surface area (TPSA) is 101 Å². The van der Waals surface area contributed by atoms with Gasteiger partial charge in [0.1, 0.15) is 10.5 Å². The van der Waals surface area contributed by atoms with Crippen LogP contribution in [0.2, 0.25) is 0 Å². The number of pyridine rings is 1. The van der Waals surface area contributed by atoms with Crippen molar-refractivity contribution in [1.82, 2.24) is 4.57 Å². The Balaban J connectivity index is 1.93. The van der Waals surface area contributed by atoms with Gasteiger partial charge in [-0.05, 0) is 30.0 Å². The van der Waals surface area contributed by atoms with Crippen LogP contribution in [0, 0.1) is 0 Å². The number of nitrogens with one attached hydrogen (secondary N) is 1. The molecule has 3 aromatic rings. The number of unbranched alkanes of at least 4 members (excludes halogenated alkanes) is 2. The quantitative estimate of drug-likeness (QED) is 0.619. The van der Waals surface area contributed by atoms with Crippen molar-refractivity contribution in [1.29, 1.82) is 0 Å². The molecule has 1 aromatic carbocycles. The van der Waals surface area contributed by atoms with Gasteiger partial charge < -0.3 is 15.0 Å². The van der Waals surface area contributed by atoms with Gasteiger partial charge in [0, 0.05) is 6.54 Å². The van der Waals surface area contributed by atoms with Crippen LogP contribution in [0.15, 0.2) is 49.8 Å². The zero-order valence-corrected chi connectivity index (χ0v) is 16.8. The Kier molecular flexibility index (Phi) is 4.72. The predicted molar refractivity (Wildman–Crippen MR) is 111 cm³/mol. The first-order chi connectivity index (χ1) is 13.4. The maximum Gasteiger partial charge on any atom is 0.286 e.